The first-order valence-electron chi connectivity index (χ1n) is 17.5. The zero-order valence-electron chi connectivity index (χ0n) is 27.4. The van der Waals surface area contributed by atoms with Crippen LogP contribution in [0.3, 0.4) is 0 Å². The van der Waals surface area contributed by atoms with Gasteiger partial charge in [-0.3, -0.25) is 0 Å². The first-order chi connectivity index (χ1) is 24.8. The Kier molecular flexibility index (Phi) is 6.02. The molecule has 1 unspecified atom stereocenters. The zero-order chi connectivity index (χ0) is 32.8. The molecule has 1 atom stereocenters. The summed E-state index contributed by atoms with van der Waals surface area (Å²) < 4.78 is 17.4. The summed E-state index contributed by atoms with van der Waals surface area (Å²) in [6.07, 6.45) is 9.01. The second kappa shape index (κ2) is 10.7. The van der Waals surface area contributed by atoms with Gasteiger partial charge in [-0.05, 0) is 18.2 Å². The maximum absolute atomic E-state index is 6.64. The van der Waals surface area contributed by atoms with E-state index in [2.05, 4.69) is 125 Å². The van der Waals surface area contributed by atoms with E-state index in [1.807, 2.05) is 30.5 Å². The van der Waals surface area contributed by atoms with E-state index in [4.69, 9.17) is 14.8 Å². The van der Waals surface area contributed by atoms with Crippen molar-refractivity contribution in [3.63, 3.8) is 0 Å². The largest absolute Gasteiger partial charge is 0.239 e. The minimum atomic E-state index is -3.13. The molecule has 6 heteroatoms. The Balaban J connectivity index is 1.03. The van der Waals surface area contributed by atoms with Gasteiger partial charge in [0.05, 0.1) is 0 Å². The van der Waals surface area contributed by atoms with E-state index < -0.39 is 13.3 Å². The summed E-state index contributed by atoms with van der Waals surface area (Å²) in [7, 11) is 0. The first kappa shape index (κ1) is 28.2. The molecule has 0 radical (unpaired) electrons. The van der Waals surface area contributed by atoms with Crippen LogP contribution in [0.5, 0.6) is 11.5 Å². The number of hydrogen-bond acceptors (Lipinski definition) is 3. The molecule has 0 bridgehead atoms. The summed E-state index contributed by atoms with van der Waals surface area (Å²) in [5, 5.41) is 7.53. The molecule has 2 aliphatic heterocycles. The SMILES string of the molecule is c1ccc(-n2c3ccccc3c3ccc(Oc4cccc(-n5nc[c]6c5-c5cccc[c]5[Ge]65[C]6=C(CCCC6)c6cccc[c]65)c4)cc32)nc1. The van der Waals surface area contributed by atoms with Crippen molar-refractivity contribution in [2.45, 2.75) is 25.7 Å². The molecule has 0 saturated heterocycles. The molecule has 1 aliphatic carbocycles. The van der Waals surface area contributed by atoms with Gasteiger partial charge in [-0.2, -0.15) is 0 Å². The third-order valence-electron chi connectivity index (χ3n) is 11.2. The summed E-state index contributed by atoms with van der Waals surface area (Å²) in [6, 6.07) is 47.8. The molecule has 50 heavy (non-hydrogen) atoms. The fourth-order valence-electron chi connectivity index (χ4n) is 9.27. The number of benzene rings is 5. The van der Waals surface area contributed by atoms with E-state index in [1.165, 1.54) is 57.7 Å². The van der Waals surface area contributed by atoms with Crippen molar-refractivity contribution in [1.82, 2.24) is 19.3 Å². The zero-order valence-corrected chi connectivity index (χ0v) is 29.5. The molecular formula is C44H32GeN4O. The molecule has 0 amide bonds. The van der Waals surface area contributed by atoms with Gasteiger partial charge in [0.25, 0.3) is 0 Å². The third kappa shape index (κ3) is 3.78. The first-order valence-corrected chi connectivity index (χ1v) is 21.7. The van der Waals surface area contributed by atoms with Crippen LogP contribution in [-0.4, -0.2) is 32.6 Å². The number of fused-ring (bicyclic) bond motifs is 12. The average molecular weight is 705 g/mol. The monoisotopic (exact) mass is 706 g/mol. The number of pyridine rings is 1. The molecule has 3 aromatic heterocycles. The van der Waals surface area contributed by atoms with Gasteiger partial charge >= 0.3 is 240 Å². The van der Waals surface area contributed by atoms with E-state index in [-0.39, 0.29) is 0 Å². The van der Waals surface area contributed by atoms with Crippen molar-refractivity contribution >= 4 is 53.8 Å². The van der Waals surface area contributed by atoms with E-state index in [1.54, 1.807) is 18.8 Å². The molecule has 3 aliphatic rings. The predicted molar refractivity (Wildman–Crippen MR) is 204 cm³/mol. The molecule has 0 N–H and O–H groups in total. The minimum absolute atomic E-state index is 0.776. The maximum Gasteiger partial charge on any atom is 0.0292 e. The number of nitrogens with zero attached hydrogens (tertiary/aromatic N) is 4. The molecule has 5 nitrogen and oxygen atoms in total. The molecule has 5 heterocycles. The van der Waals surface area contributed by atoms with Gasteiger partial charge in [-0.1, -0.05) is 24.3 Å². The quantitative estimate of drug-likeness (QED) is 0.173. The van der Waals surface area contributed by atoms with Gasteiger partial charge in [-0.15, -0.1) is 0 Å². The molecule has 238 valence electrons. The third-order valence-corrected chi connectivity index (χ3v) is 21.9. The van der Waals surface area contributed by atoms with Crippen molar-refractivity contribution in [2.75, 3.05) is 0 Å². The van der Waals surface area contributed by atoms with Crippen molar-refractivity contribution < 1.29 is 4.74 Å². The Labute approximate surface area is 292 Å². The second-order valence-electron chi connectivity index (χ2n) is 13.6. The van der Waals surface area contributed by atoms with Gasteiger partial charge in [0.15, 0.2) is 0 Å². The van der Waals surface area contributed by atoms with Crippen molar-refractivity contribution in [3.05, 3.63) is 156 Å². The van der Waals surface area contributed by atoms with Crippen LogP contribution in [0.15, 0.2) is 150 Å². The van der Waals surface area contributed by atoms with E-state index in [9.17, 15) is 0 Å². The fourth-order valence-corrected chi connectivity index (χ4v) is 21.6. The predicted octanol–water partition coefficient (Wildman–Crippen LogP) is 8.49. The summed E-state index contributed by atoms with van der Waals surface area (Å²) in [5.74, 6) is 2.44. The summed E-state index contributed by atoms with van der Waals surface area (Å²) in [4.78, 5) is 4.69. The molecule has 5 aromatic carbocycles. The molecule has 1 spiro atoms. The smallest absolute Gasteiger partial charge is 0.0292 e. The molecule has 0 fully saturated rings. The number of rotatable bonds is 4. The van der Waals surface area contributed by atoms with Crippen LogP contribution in [0.2, 0.25) is 0 Å². The van der Waals surface area contributed by atoms with Gasteiger partial charge in [-0.25, -0.2) is 4.98 Å². The standard InChI is InChI=1S/C44H32GeN4O/c1-5-18-37-32(14-1)33-15-2-6-19-38(33)45(37)39-20-7-3-17-36(39)44-40(45)28-47-49(44)29-12-11-13-30(26-29)50-31-23-24-35-34-16-4-8-21-41(34)48(42(35)27-31)43-22-9-10-25-46-43/h1,3-5,7-14,16-18,20-28H,2,6,15,19H2. The summed E-state index contributed by atoms with van der Waals surface area (Å²) >= 11 is -3.13. The second-order valence-corrected chi connectivity index (χ2v) is 21.4. The topological polar surface area (TPSA) is 44.9 Å². The molecular weight excluding hydrogens is 673 g/mol. The van der Waals surface area contributed by atoms with Crippen LogP contribution in [0.1, 0.15) is 31.2 Å². The minimum Gasteiger partial charge on any atom is -0.239 e. The Morgan fingerprint density at radius 2 is 1.36 bits per heavy atom. The van der Waals surface area contributed by atoms with E-state index in [0.29, 0.717) is 0 Å². The number of hydrogen-bond donors (Lipinski definition) is 0. The Morgan fingerprint density at radius 3 is 2.26 bits per heavy atom. The molecule has 11 rings (SSSR count). The summed E-state index contributed by atoms with van der Waals surface area (Å²) in [6.45, 7) is 0. The van der Waals surface area contributed by atoms with E-state index in [0.717, 1.165) is 34.0 Å². The fraction of sp³-hybridized carbons (Fsp3) is 0.0909. The van der Waals surface area contributed by atoms with Crippen LogP contribution >= 0.6 is 0 Å². The van der Waals surface area contributed by atoms with Gasteiger partial charge in [0, 0.05) is 6.20 Å². The summed E-state index contributed by atoms with van der Waals surface area (Å²) in [5.41, 5.74) is 8.93. The maximum atomic E-state index is 6.64. The Bertz CT molecular complexity index is 2700. The van der Waals surface area contributed by atoms with Crippen LogP contribution in [0.4, 0.5) is 0 Å². The van der Waals surface area contributed by atoms with Crippen LogP contribution in [0.25, 0.3) is 50.1 Å². The van der Waals surface area contributed by atoms with Gasteiger partial charge in [0.2, 0.25) is 0 Å². The normalized spacial score (nSPS) is 17.3. The van der Waals surface area contributed by atoms with Crippen molar-refractivity contribution in [2.24, 2.45) is 0 Å². The van der Waals surface area contributed by atoms with Crippen LogP contribution in [0, 0.1) is 0 Å². The molecule has 8 aromatic rings. The van der Waals surface area contributed by atoms with Gasteiger partial charge < -0.3 is 0 Å². The van der Waals surface area contributed by atoms with E-state index >= 15 is 0 Å². The Morgan fingerprint density at radius 1 is 0.600 bits per heavy atom. The number of para-hydroxylation sites is 1. The van der Waals surface area contributed by atoms with Crippen molar-refractivity contribution in [1.29, 1.82) is 0 Å². The van der Waals surface area contributed by atoms with Crippen LogP contribution in [-0.2, 0) is 0 Å². The number of aromatic nitrogens is 4. The van der Waals surface area contributed by atoms with Crippen molar-refractivity contribution in [3.8, 4) is 34.3 Å². The Hall–Kier alpha value is -5.66. The number of allylic oxidation sites excluding steroid dienone is 2. The van der Waals surface area contributed by atoms with Gasteiger partial charge in [0.1, 0.15) is 0 Å². The number of ether oxygens (including phenoxy) is 1. The van der Waals surface area contributed by atoms with Crippen LogP contribution < -0.4 is 17.9 Å². The average Bonchev–Trinajstić information content (AvgIpc) is 3.91. The molecule has 0 saturated carbocycles.